The van der Waals surface area contributed by atoms with Gasteiger partial charge in [-0.1, -0.05) is 51.8 Å². The number of nitrogens with zero attached hydrogens (tertiary/aromatic N) is 2. The number of ether oxygens (including phenoxy) is 2. The predicted molar refractivity (Wildman–Crippen MR) is 148 cm³/mol. The van der Waals surface area contributed by atoms with Crippen LogP contribution in [-0.4, -0.2) is 35.0 Å². The number of likely N-dealkylation sites (N-methyl/N-ethyl adjacent to an activating group) is 1. The van der Waals surface area contributed by atoms with Gasteiger partial charge in [-0.25, -0.2) is 0 Å². The minimum Gasteiger partial charge on any atom is -0.467 e. The molecule has 198 valence electrons. The van der Waals surface area contributed by atoms with E-state index in [1.54, 1.807) is 34.3 Å². The van der Waals surface area contributed by atoms with Crippen molar-refractivity contribution in [1.82, 2.24) is 9.80 Å². The van der Waals surface area contributed by atoms with E-state index in [9.17, 15) is 9.59 Å². The van der Waals surface area contributed by atoms with Gasteiger partial charge < -0.3 is 23.7 Å². The van der Waals surface area contributed by atoms with Crippen LogP contribution >= 0.6 is 15.9 Å². The molecule has 0 spiro atoms. The maximum absolute atomic E-state index is 14.6. The molecule has 6 rings (SSSR count). The molecule has 0 N–H and O–H groups in total. The molecule has 7 nitrogen and oxygen atoms in total. The van der Waals surface area contributed by atoms with Gasteiger partial charge in [-0.2, -0.15) is 0 Å². The number of carbonyl (C=O) groups is 2. The summed E-state index contributed by atoms with van der Waals surface area (Å²) in [6, 6.07) is 24.0. The summed E-state index contributed by atoms with van der Waals surface area (Å²) in [7, 11) is 0. The number of fused-ring (bicyclic) bond motifs is 1. The van der Waals surface area contributed by atoms with Crippen molar-refractivity contribution in [1.29, 1.82) is 0 Å². The van der Waals surface area contributed by atoms with Gasteiger partial charge in [-0.05, 0) is 73.5 Å². The van der Waals surface area contributed by atoms with E-state index in [1.165, 1.54) is 0 Å². The molecule has 0 radical (unpaired) electrons. The highest BCUT2D eigenvalue weighted by atomic mass is 79.9. The highest BCUT2D eigenvalue weighted by molar-refractivity contribution is 9.10. The molecule has 0 unspecified atom stereocenters. The fourth-order valence-corrected chi connectivity index (χ4v) is 5.92. The van der Waals surface area contributed by atoms with E-state index in [0.29, 0.717) is 34.9 Å². The summed E-state index contributed by atoms with van der Waals surface area (Å²) in [5.74, 6) is 1.42. The average Bonchev–Trinajstić information content (AvgIpc) is 3.64. The molecule has 0 aliphatic carbocycles. The first-order valence-electron chi connectivity index (χ1n) is 12.8. The minimum atomic E-state index is -1.32. The molecule has 3 heterocycles. The number of benzene rings is 3. The number of halogens is 1. The molecule has 2 aliphatic rings. The van der Waals surface area contributed by atoms with E-state index in [4.69, 9.17) is 13.9 Å². The Morgan fingerprint density at radius 2 is 1.77 bits per heavy atom. The third-order valence-corrected chi connectivity index (χ3v) is 8.01. The van der Waals surface area contributed by atoms with Crippen LogP contribution in [0.3, 0.4) is 0 Å². The molecule has 0 saturated carbocycles. The summed E-state index contributed by atoms with van der Waals surface area (Å²) in [5, 5.41) is 0. The molecule has 2 amide bonds. The second-order valence-electron chi connectivity index (χ2n) is 9.72. The van der Waals surface area contributed by atoms with Gasteiger partial charge in [-0.15, -0.1) is 0 Å². The fourth-order valence-electron chi connectivity index (χ4n) is 5.65. The SMILES string of the molecule is CCN(C(=O)c1ccc(Br)cc1)[C@]1(c2ccc3c(c2)OCO3)C(=O)N(Cc2ccco2)[C@@H]1c1ccc(C)cc1. The predicted octanol–water partition coefficient (Wildman–Crippen LogP) is 6.22. The first-order chi connectivity index (χ1) is 18.9. The molecule has 1 aromatic heterocycles. The molecule has 39 heavy (non-hydrogen) atoms. The highest BCUT2D eigenvalue weighted by Gasteiger charge is 2.66. The van der Waals surface area contributed by atoms with Gasteiger partial charge in [0.25, 0.3) is 11.8 Å². The van der Waals surface area contributed by atoms with Gasteiger partial charge in [-0.3, -0.25) is 9.59 Å². The lowest BCUT2D eigenvalue weighted by Gasteiger charge is -2.60. The molecule has 2 aliphatic heterocycles. The third kappa shape index (κ3) is 4.10. The minimum absolute atomic E-state index is 0.112. The molecule has 8 heteroatoms. The van der Waals surface area contributed by atoms with Crippen LogP contribution in [0.2, 0.25) is 0 Å². The number of hydrogen-bond acceptors (Lipinski definition) is 5. The first kappa shape index (κ1) is 25.2. The average molecular weight is 587 g/mol. The molecular weight excluding hydrogens is 560 g/mol. The van der Waals surface area contributed by atoms with Crippen LogP contribution in [0, 0.1) is 6.92 Å². The van der Waals surface area contributed by atoms with Crippen LogP contribution in [-0.2, 0) is 16.9 Å². The monoisotopic (exact) mass is 586 g/mol. The van der Waals surface area contributed by atoms with E-state index in [0.717, 1.165) is 15.6 Å². The zero-order valence-corrected chi connectivity index (χ0v) is 23.2. The summed E-state index contributed by atoms with van der Waals surface area (Å²) in [4.78, 5) is 32.2. The van der Waals surface area contributed by atoms with Crippen LogP contribution in [0.5, 0.6) is 11.5 Å². The van der Waals surface area contributed by atoms with Crippen molar-refractivity contribution in [3.05, 3.63) is 118 Å². The maximum atomic E-state index is 14.6. The summed E-state index contributed by atoms with van der Waals surface area (Å²) in [6.07, 6.45) is 1.60. The quantitative estimate of drug-likeness (QED) is 0.240. The molecule has 2 atom stereocenters. The van der Waals surface area contributed by atoms with Crippen LogP contribution in [0.15, 0.2) is 94.0 Å². The number of likely N-dealkylation sites (tertiary alicyclic amines) is 1. The van der Waals surface area contributed by atoms with E-state index in [2.05, 4.69) is 15.9 Å². The first-order valence-corrected chi connectivity index (χ1v) is 13.6. The summed E-state index contributed by atoms with van der Waals surface area (Å²) >= 11 is 3.45. The summed E-state index contributed by atoms with van der Waals surface area (Å²) < 4.78 is 17.8. The lowest BCUT2D eigenvalue weighted by atomic mass is 9.68. The number of β-lactam (4-membered cyclic amide) rings is 1. The number of rotatable bonds is 7. The molecule has 3 aromatic carbocycles. The second kappa shape index (κ2) is 9.93. The van der Waals surface area contributed by atoms with Gasteiger partial charge in [0.1, 0.15) is 5.76 Å². The Labute approximate surface area is 235 Å². The molecule has 4 aromatic rings. The lowest BCUT2D eigenvalue weighted by molar-refractivity contribution is -0.179. The van der Waals surface area contributed by atoms with Gasteiger partial charge in [0.15, 0.2) is 17.0 Å². The smallest absolute Gasteiger partial charge is 0.256 e. The zero-order chi connectivity index (χ0) is 27.1. The Morgan fingerprint density at radius 1 is 1.03 bits per heavy atom. The second-order valence-corrected chi connectivity index (χ2v) is 10.6. The number of hydrogen-bond donors (Lipinski definition) is 0. The van der Waals surface area contributed by atoms with Crippen molar-refractivity contribution < 1.29 is 23.5 Å². The van der Waals surface area contributed by atoms with Crippen molar-refractivity contribution in [2.75, 3.05) is 13.3 Å². The van der Waals surface area contributed by atoms with E-state index >= 15 is 0 Å². The van der Waals surface area contributed by atoms with Crippen molar-refractivity contribution >= 4 is 27.7 Å². The van der Waals surface area contributed by atoms with E-state index in [1.807, 2.05) is 74.5 Å². The highest BCUT2D eigenvalue weighted by Crippen LogP contribution is 2.56. The number of carbonyl (C=O) groups excluding carboxylic acids is 2. The van der Waals surface area contributed by atoms with Crippen molar-refractivity contribution in [3.8, 4) is 11.5 Å². The van der Waals surface area contributed by atoms with Gasteiger partial charge in [0.05, 0.1) is 18.8 Å². The summed E-state index contributed by atoms with van der Waals surface area (Å²) in [6.45, 7) is 4.63. The van der Waals surface area contributed by atoms with Crippen LogP contribution in [0.1, 0.15) is 45.8 Å². The van der Waals surface area contributed by atoms with Gasteiger partial charge in [0.2, 0.25) is 6.79 Å². The van der Waals surface area contributed by atoms with Crippen LogP contribution in [0.25, 0.3) is 0 Å². The lowest BCUT2D eigenvalue weighted by Crippen LogP contribution is -2.73. The van der Waals surface area contributed by atoms with E-state index < -0.39 is 11.6 Å². The summed E-state index contributed by atoms with van der Waals surface area (Å²) in [5.41, 5.74) is 1.88. The van der Waals surface area contributed by atoms with Gasteiger partial charge in [0, 0.05) is 16.6 Å². The van der Waals surface area contributed by atoms with Crippen molar-refractivity contribution in [2.24, 2.45) is 0 Å². The topological polar surface area (TPSA) is 72.2 Å². The number of furan rings is 1. The maximum Gasteiger partial charge on any atom is 0.256 e. The van der Waals surface area contributed by atoms with Crippen molar-refractivity contribution in [3.63, 3.8) is 0 Å². The molecule has 1 fully saturated rings. The Morgan fingerprint density at radius 3 is 2.46 bits per heavy atom. The van der Waals surface area contributed by atoms with Crippen LogP contribution < -0.4 is 9.47 Å². The Hall–Kier alpha value is -4.04. The molecular formula is C31H27BrN2O5. The van der Waals surface area contributed by atoms with Gasteiger partial charge >= 0.3 is 0 Å². The largest absolute Gasteiger partial charge is 0.467 e. The van der Waals surface area contributed by atoms with Crippen molar-refractivity contribution in [2.45, 2.75) is 32.0 Å². The Balaban J connectivity index is 1.55. The third-order valence-electron chi connectivity index (χ3n) is 7.48. The zero-order valence-electron chi connectivity index (χ0n) is 21.6. The van der Waals surface area contributed by atoms with E-state index in [-0.39, 0.29) is 25.2 Å². The number of amides is 2. The fraction of sp³-hybridized carbons (Fsp3) is 0.226. The molecule has 0 bridgehead atoms. The van der Waals surface area contributed by atoms with Crippen LogP contribution in [0.4, 0.5) is 0 Å². The Kier molecular flexibility index (Phi) is 6.43. The number of aryl methyl sites for hydroxylation is 1. The molecule has 1 saturated heterocycles. The normalized spacial score (nSPS) is 19.6. The standard InChI is InChI=1S/C31H27BrN2O5/c1-3-34(29(35)22-10-13-24(32)14-11-22)31(23-12-15-26-27(17-23)39-19-38-26)28(21-8-6-20(2)7-9-21)33(30(31)36)18-25-5-4-16-37-25/h4-17,28H,3,18-19H2,1-2H3/t28-,31+/m1/s1. The Bertz CT molecular complexity index is 1520.